The lowest BCUT2D eigenvalue weighted by molar-refractivity contribution is 0.390. The second-order valence-corrected chi connectivity index (χ2v) is 5.12. The quantitative estimate of drug-likeness (QED) is 0.907. The van der Waals surface area contributed by atoms with Gasteiger partial charge in [-0.25, -0.2) is 0 Å². The fourth-order valence-electron chi connectivity index (χ4n) is 1.81. The van der Waals surface area contributed by atoms with Crippen LogP contribution in [0.15, 0.2) is 34.8 Å². The second-order valence-electron chi connectivity index (χ2n) is 4.27. The van der Waals surface area contributed by atoms with Gasteiger partial charge in [0.1, 0.15) is 5.75 Å². The fourth-order valence-corrected chi connectivity index (χ4v) is 2.22. The van der Waals surface area contributed by atoms with Gasteiger partial charge in [0.15, 0.2) is 0 Å². The highest BCUT2D eigenvalue weighted by molar-refractivity contribution is 9.10. The van der Waals surface area contributed by atoms with Crippen LogP contribution in [0.2, 0.25) is 0 Å². The number of aromatic nitrogens is 2. The Morgan fingerprint density at radius 3 is 2.55 bits per heavy atom. The summed E-state index contributed by atoms with van der Waals surface area (Å²) in [5, 5.41) is 8.00. The Kier molecular flexibility index (Phi) is 4.92. The maximum atomic E-state index is 6.17. The van der Waals surface area contributed by atoms with Crippen LogP contribution >= 0.6 is 15.9 Å². The molecule has 0 radical (unpaired) electrons. The summed E-state index contributed by atoms with van der Waals surface area (Å²) >= 11 is 3.52. The summed E-state index contributed by atoms with van der Waals surface area (Å²) in [6.45, 7) is 0. The minimum atomic E-state index is -0.239. The molecule has 0 bridgehead atoms. The third-order valence-electron chi connectivity index (χ3n) is 2.94. The van der Waals surface area contributed by atoms with Gasteiger partial charge in [-0.15, -0.1) is 5.10 Å². The molecule has 0 saturated heterocycles. The predicted molar refractivity (Wildman–Crippen MR) is 79.9 cm³/mol. The Bertz CT molecular complexity index is 575. The number of methoxy groups -OCH3 is 2. The third kappa shape index (κ3) is 3.46. The highest BCUT2D eigenvalue weighted by Crippen LogP contribution is 2.26. The summed E-state index contributed by atoms with van der Waals surface area (Å²) in [5.41, 5.74) is 7.96. The molecule has 106 valence electrons. The molecule has 1 aromatic carbocycles. The van der Waals surface area contributed by atoms with E-state index >= 15 is 0 Å². The normalized spacial score (nSPS) is 12.0. The van der Waals surface area contributed by atoms with E-state index in [0.717, 1.165) is 21.5 Å². The monoisotopic (exact) mass is 337 g/mol. The molecule has 0 fully saturated rings. The molecule has 1 atom stereocenters. The number of nitrogens with two attached hydrogens (primary N) is 1. The largest absolute Gasteiger partial charge is 0.497 e. The van der Waals surface area contributed by atoms with Gasteiger partial charge in [-0.3, -0.25) is 0 Å². The van der Waals surface area contributed by atoms with Gasteiger partial charge in [-0.2, -0.15) is 5.10 Å². The lowest BCUT2D eigenvalue weighted by Gasteiger charge is -2.13. The van der Waals surface area contributed by atoms with Crippen LogP contribution in [0.1, 0.15) is 17.3 Å². The van der Waals surface area contributed by atoms with Gasteiger partial charge in [0, 0.05) is 10.5 Å². The molecule has 0 aliphatic carbocycles. The Hall–Kier alpha value is -1.66. The summed E-state index contributed by atoms with van der Waals surface area (Å²) in [6.07, 6.45) is 0.638. The van der Waals surface area contributed by atoms with Crippen LogP contribution in [0.5, 0.6) is 11.6 Å². The number of rotatable bonds is 5. The van der Waals surface area contributed by atoms with E-state index < -0.39 is 0 Å². The first-order valence-electron chi connectivity index (χ1n) is 6.09. The van der Waals surface area contributed by atoms with Crippen molar-refractivity contribution >= 4 is 15.9 Å². The molecule has 2 N–H and O–H groups in total. The minimum Gasteiger partial charge on any atom is -0.497 e. The van der Waals surface area contributed by atoms with Crippen LogP contribution in [0.3, 0.4) is 0 Å². The zero-order valence-corrected chi connectivity index (χ0v) is 12.9. The van der Waals surface area contributed by atoms with E-state index in [1.165, 1.54) is 0 Å². The Morgan fingerprint density at radius 1 is 1.15 bits per heavy atom. The first-order chi connectivity index (χ1) is 9.63. The van der Waals surface area contributed by atoms with Crippen molar-refractivity contribution in [3.8, 4) is 11.6 Å². The van der Waals surface area contributed by atoms with Gasteiger partial charge in [0.05, 0.1) is 26.0 Å². The fraction of sp³-hybridized carbons (Fsp3) is 0.286. The SMILES string of the molecule is COc1ccc(Br)c(CC(N)c2ccc(OC)nn2)c1. The third-order valence-corrected chi connectivity index (χ3v) is 3.72. The van der Waals surface area contributed by atoms with E-state index in [1.54, 1.807) is 20.3 Å². The molecule has 20 heavy (non-hydrogen) atoms. The molecule has 1 aromatic heterocycles. The topological polar surface area (TPSA) is 70.3 Å². The average Bonchev–Trinajstić information content (AvgIpc) is 2.49. The summed E-state index contributed by atoms with van der Waals surface area (Å²) in [7, 11) is 3.19. The maximum absolute atomic E-state index is 6.17. The van der Waals surface area contributed by atoms with Crippen molar-refractivity contribution in [2.45, 2.75) is 12.5 Å². The lowest BCUT2D eigenvalue weighted by Crippen LogP contribution is -2.16. The molecule has 1 heterocycles. The molecule has 0 aliphatic rings. The van der Waals surface area contributed by atoms with E-state index in [0.29, 0.717) is 12.3 Å². The molecule has 0 spiro atoms. The van der Waals surface area contributed by atoms with E-state index in [2.05, 4.69) is 26.1 Å². The number of ether oxygens (including phenoxy) is 2. The second kappa shape index (κ2) is 6.67. The standard InChI is InChI=1S/C14H16BrN3O2/c1-19-10-3-4-11(15)9(7-10)8-12(16)13-5-6-14(20-2)18-17-13/h3-7,12H,8,16H2,1-2H3. The molecule has 1 unspecified atom stereocenters. The molecular weight excluding hydrogens is 322 g/mol. The van der Waals surface area contributed by atoms with Crippen molar-refractivity contribution in [1.29, 1.82) is 0 Å². The molecule has 0 amide bonds. The number of nitrogens with zero attached hydrogens (tertiary/aromatic N) is 2. The summed E-state index contributed by atoms with van der Waals surface area (Å²) in [5.74, 6) is 1.28. The first-order valence-corrected chi connectivity index (χ1v) is 6.89. The average molecular weight is 338 g/mol. The molecule has 0 aliphatic heterocycles. The van der Waals surface area contributed by atoms with Crippen molar-refractivity contribution in [2.24, 2.45) is 5.73 Å². The van der Waals surface area contributed by atoms with Crippen LogP contribution < -0.4 is 15.2 Å². The van der Waals surface area contributed by atoms with Gasteiger partial charge in [0.25, 0.3) is 0 Å². The van der Waals surface area contributed by atoms with Crippen LogP contribution in [-0.4, -0.2) is 24.4 Å². The molecule has 0 saturated carbocycles. The number of hydrogen-bond acceptors (Lipinski definition) is 5. The van der Waals surface area contributed by atoms with Crippen molar-refractivity contribution in [3.05, 3.63) is 46.1 Å². The molecular formula is C14H16BrN3O2. The van der Waals surface area contributed by atoms with Crippen LogP contribution in [-0.2, 0) is 6.42 Å². The smallest absolute Gasteiger partial charge is 0.233 e. The van der Waals surface area contributed by atoms with Crippen molar-refractivity contribution in [2.75, 3.05) is 14.2 Å². The van der Waals surface area contributed by atoms with E-state index in [1.807, 2.05) is 24.3 Å². The summed E-state index contributed by atoms with van der Waals surface area (Å²) < 4.78 is 11.2. The zero-order chi connectivity index (χ0) is 14.5. The number of benzene rings is 1. The molecule has 2 aromatic rings. The lowest BCUT2D eigenvalue weighted by atomic mass is 10.0. The molecule has 2 rings (SSSR count). The first kappa shape index (κ1) is 14.7. The summed E-state index contributed by atoms with van der Waals surface area (Å²) in [6, 6.07) is 9.14. The highest BCUT2D eigenvalue weighted by Gasteiger charge is 2.12. The van der Waals surface area contributed by atoms with E-state index in [-0.39, 0.29) is 6.04 Å². The van der Waals surface area contributed by atoms with Crippen LogP contribution in [0.4, 0.5) is 0 Å². The molecule has 6 heteroatoms. The molecule has 5 nitrogen and oxygen atoms in total. The van der Waals surface area contributed by atoms with Crippen molar-refractivity contribution < 1.29 is 9.47 Å². The van der Waals surface area contributed by atoms with E-state index in [4.69, 9.17) is 15.2 Å². The Morgan fingerprint density at radius 2 is 1.95 bits per heavy atom. The predicted octanol–water partition coefficient (Wildman–Crippen LogP) is 2.50. The number of halogens is 1. The van der Waals surface area contributed by atoms with Crippen molar-refractivity contribution in [3.63, 3.8) is 0 Å². The van der Waals surface area contributed by atoms with Gasteiger partial charge < -0.3 is 15.2 Å². The zero-order valence-electron chi connectivity index (χ0n) is 11.3. The number of hydrogen-bond donors (Lipinski definition) is 1. The summed E-state index contributed by atoms with van der Waals surface area (Å²) in [4.78, 5) is 0. The van der Waals surface area contributed by atoms with Gasteiger partial charge in [0.2, 0.25) is 5.88 Å². The highest BCUT2D eigenvalue weighted by atomic mass is 79.9. The Labute approximate surface area is 126 Å². The maximum Gasteiger partial charge on any atom is 0.233 e. The van der Waals surface area contributed by atoms with Gasteiger partial charge in [-0.05, 0) is 36.2 Å². The van der Waals surface area contributed by atoms with Crippen LogP contribution in [0.25, 0.3) is 0 Å². The Balaban J connectivity index is 2.15. The van der Waals surface area contributed by atoms with Crippen LogP contribution in [0, 0.1) is 0 Å². The van der Waals surface area contributed by atoms with E-state index in [9.17, 15) is 0 Å². The van der Waals surface area contributed by atoms with Gasteiger partial charge in [-0.1, -0.05) is 15.9 Å². The minimum absolute atomic E-state index is 0.239. The van der Waals surface area contributed by atoms with Gasteiger partial charge >= 0.3 is 0 Å². The van der Waals surface area contributed by atoms with Crippen molar-refractivity contribution in [1.82, 2.24) is 10.2 Å².